The maximum atomic E-state index is 13.1. The van der Waals surface area contributed by atoms with Crippen molar-refractivity contribution in [2.45, 2.75) is 19.9 Å². The largest absolute Gasteiger partial charge is 0.478 e. The fourth-order valence-corrected chi connectivity index (χ4v) is 4.13. The predicted molar refractivity (Wildman–Crippen MR) is 137 cm³/mol. The van der Waals surface area contributed by atoms with Crippen LogP contribution in [0.15, 0.2) is 82.4 Å². The van der Waals surface area contributed by atoms with Crippen molar-refractivity contribution in [3.05, 3.63) is 100 Å². The minimum atomic E-state index is -1.03. The molecule has 1 atom stereocenters. The number of nitrogens with two attached hydrogens (primary N) is 1. The molecule has 36 heavy (non-hydrogen) atoms. The molecule has 3 heterocycles. The molecule has 0 fully saturated rings. The Morgan fingerprint density at radius 3 is 2.69 bits per heavy atom. The van der Waals surface area contributed by atoms with Crippen LogP contribution < -0.4 is 16.5 Å². The van der Waals surface area contributed by atoms with Crippen molar-refractivity contribution in [2.75, 3.05) is 11.1 Å². The molecule has 0 saturated carbocycles. The third kappa shape index (κ3) is 4.29. The summed E-state index contributed by atoms with van der Waals surface area (Å²) in [5, 5.41) is 17.6. The number of carboxylic acids is 1. The van der Waals surface area contributed by atoms with Gasteiger partial charge in [-0.1, -0.05) is 18.2 Å². The molecule has 2 aromatic carbocycles. The first-order chi connectivity index (χ1) is 17.3. The fourth-order valence-electron chi connectivity index (χ4n) is 4.13. The van der Waals surface area contributed by atoms with E-state index in [1.165, 1.54) is 12.1 Å². The maximum absolute atomic E-state index is 13.1. The summed E-state index contributed by atoms with van der Waals surface area (Å²) in [7, 11) is 0. The lowest BCUT2D eigenvalue weighted by molar-refractivity contribution is 0.0698. The highest BCUT2D eigenvalue weighted by Crippen LogP contribution is 2.31. The van der Waals surface area contributed by atoms with Gasteiger partial charge in [0.15, 0.2) is 5.43 Å². The van der Waals surface area contributed by atoms with Crippen LogP contribution in [0.2, 0.25) is 0 Å². The van der Waals surface area contributed by atoms with E-state index in [4.69, 9.17) is 10.2 Å². The van der Waals surface area contributed by atoms with E-state index in [2.05, 4.69) is 15.4 Å². The Kier molecular flexibility index (Phi) is 5.73. The first-order valence-corrected chi connectivity index (χ1v) is 11.2. The highest BCUT2D eigenvalue weighted by atomic mass is 16.4. The smallest absolute Gasteiger partial charge is 0.337 e. The number of para-hydroxylation sites is 1. The third-order valence-electron chi connectivity index (χ3n) is 5.90. The predicted octanol–water partition coefficient (Wildman–Crippen LogP) is 4.80. The second kappa shape index (κ2) is 9.03. The number of nitrogens with zero attached hydrogens (tertiary/aromatic N) is 3. The number of benzene rings is 2. The van der Waals surface area contributed by atoms with Gasteiger partial charge in [-0.15, -0.1) is 0 Å². The molecule has 0 aliphatic heterocycles. The molecule has 4 N–H and O–H groups in total. The number of rotatable bonds is 6. The number of anilines is 2. The Hall–Kier alpha value is -4.92. The zero-order valence-corrected chi connectivity index (χ0v) is 19.6. The van der Waals surface area contributed by atoms with E-state index in [0.717, 1.165) is 11.1 Å². The molecular weight excluding hydrogens is 458 g/mol. The van der Waals surface area contributed by atoms with Crippen molar-refractivity contribution in [3.8, 4) is 17.0 Å². The Morgan fingerprint density at radius 2 is 1.94 bits per heavy atom. The minimum Gasteiger partial charge on any atom is -0.478 e. The lowest BCUT2D eigenvalue weighted by Crippen LogP contribution is -2.12. The summed E-state index contributed by atoms with van der Waals surface area (Å²) < 4.78 is 7.89. The zero-order valence-electron chi connectivity index (χ0n) is 19.6. The highest BCUT2D eigenvalue weighted by Gasteiger charge is 2.19. The first kappa shape index (κ1) is 22.9. The number of aromatic nitrogens is 3. The molecule has 5 aromatic rings. The first-order valence-electron chi connectivity index (χ1n) is 11.2. The molecule has 5 rings (SSSR count). The molecule has 180 valence electrons. The van der Waals surface area contributed by atoms with Crippen LogP contribution >= 0.6 is 0 Å². The van der Waals surface area contributed by atoms with Gasteiger partial charge in [0.25, 0.3) is 0 Å². The molecule has 0 bridgehead atoms. The number of carboxylic acid groups (broad SMARTS) is 1. The molecule has 9 heteroatoms. The summed E-state index contributed by atoms with van der Waals surface area (Å²) in [6, 6.07) is 15.0. The Morgan fingerprint density at radius 1 is 1.14 bits per heavy atom. The minimum absolute atomic E-state index is 0.160. The Balaban J connectivity index is 1.58. The number of nitrogen functional groups attached to an aromatic ring is 1. The van der Waals surface area contributed by atoms with Crippen molar-refractivity contribution in [3.63, 3.8) is 0 Å². The van der Waals surface area contributed by atoms with Crippen LogP contribution in [0, 0.1) is 6.92 Å². The van der Waals surface area contributed by atoms with Crippen molar-refractivity contribution in [1.29, 1.82) is 0 Å². The number of carbonyl (C=O) groups is 1. The number of hydrogen-bond donors (Lipinski definition) is 3. The van der Waals surface area contributed by atoms with Gasteiger partial charge in [0.2, 0.25) is 0 Å². The molecule has 3 aromatic heterocycles. The molecule has 1 unspecified atom stereocenters. The Bertz CT molecular complexity index is 1650. The van der Waals surface area contributed by atoms with E-state index in [1.807, 2.05) is 19.9 Å². The van der Waals surface area contributed by atoms with Gasteiger partial charge in [-0.2, -0.15) is 5.10 Å². The van der Waals surface area contributed by atoms with Crippen LogP contribution in [0.25, 0.3) is 28.0 Å². The third-order valence-corrected chi connectivity index (χ3v) is 5.90. The SMILES string of the molecule is Cc1cc(C(C)Nc2ccccc2C(=O)O)c2oc(-c3cnn(-c4ccc(N)nc4)c3)cc(=O)c2c1. The lowest BCUT2D eigenvalue weighted by Gasteiger charge is -2.19. The fraction of sp³-hybridized carbons (Fsp3) is 0.111. The topological polar surface area (TPSA) is 136 Å². The summed E-state index contributed by atoms with van der Waals surface area (Å²) in [6.45, 7) is 3.80. The van der Waals surface area contributed by atoms with Gasteiger partial charge in [0.1, 0.15) is 17.2 Å². The molecule has 0 amide bonds. The summed E-state index contributed by atoms with van der Waals surface area (Å²) in [5.41, 5.74) is 9.51. The van der Waals surface area contributed by atoms with Crippen LogP contribution in [0.4, 0.5) is 11.5 Å². The van der Waals surface area contributed by atoms with E-state index < -0.39 is 5.97 Å². The van der Waals surface area contributed by atoms with Gasteiger partial charge < -0.3 is 20.6 Å². The van der Waals surface area contributed by atoms with E-state index in [9.17, 15) is 14.7 Å². The second-order valence-corrected chi connectivity index (χ2v) is 8.54. The number of fused-ring (bicyclic) bond motifs is 1. The van der Waals surface area contributed by atoms with Gasteiger partial charge in [-0.25, -0.2) is 14.5 Å². The van der Waals surface area contributed by atoms with E-state index >= 15 is 0 Å². The van der Waals surface area contributed by atoms with Gasteiger partial charge >= 0.3 is 5.97 Å². The van der Waals surface area contributed by atoms with Crippen LogP contribution in [-0.4, -0.2) is 25.8 Å². The van der Waals surface area contributed by atoms with Crippen molar-refractivity contribution in [1.82, 2.24) is 14.8 Å². The second-order valence-electron chi connectivity index (χ2n) is 8.54. The van der Waals surface area contributed by atoms with E-state index in [-0.39, 0.29) is 17.0 Å². The van der Waals surface area contributed by atoms with Crippen LogP contribution in [-0.2, 0) is 0 Å². The summed E-state index contributed by atoms with van der Waals surface area (Å²) in [6.07, 6.45) is 4.96. The molecule has 0 radical (unpaired) electrons. The normalized spacial score (nSPS) is 11.9. The van der Waals surface area contributed by atoms with Crippen molar-refractivity contribution in [2.24, 2.45) is 0 Å². The van der Waals surface area contributed by atoms with Crippen LogP contribution in [0.5, 0.6) is 0 Å². The van der Waals surface area contributed by atoms with Crippen molar-refractivity contribution < 1.29 is 14.3 Å². The molecular formula is C27H23N5O4. The molecule has 0 aliphatic carbocycles. The zero-order chi connectivity index (χ0) is 25.4. The maximum Gasteiger partial charge on any atom is 0.337 e. The highest BCUT2D eigenvalue weighted by molar-refractivity contribution is 5.94. The van der Waals surface area contributed by atoms with Gasteiger partial charge in [0.05, 0.1) is 40.6 Å². The van der Waals surface area contributed by atoms with Gasteiger partial charge in [-0.05, 0) is 49.7 Å². The number of pyridine rings is 1. The van der Waals surface area contributed by atoms with Crippen LogP contribution in [0.1, 0.15) is 34.5 Å². The number of aromatic carboxylic acids is 1. The molecule has 0 spiro atoms. The molecule has 0 aliphatic rings. The average molecular weight is 482 g/mol. The van der Waals surface area contributed by atoms with Gasteiger partial charge in [-0.3, -0.25) is 4.79 Å². The van der Waals surface area contributed by atoms with E-state index in [1.54, 1.807) is 59.7 Å². The number of nitrogens with one attached hydrogen (secondary N) is 1. The monoisotopic (exact) mass is 481 g/mol. The molecule has 0 saturated heterocycles. The van der Waals surface area contributed by atoms with Gasteiger partial charge in [0, 0.05) is 23.5 Å². The summed E-state index contributed by atoms with van der Waals surface area (Å²) in [4.78, 5) is 28.8. The van der Waals surface area contributed by atoms with Crippen LogP contribution in [0.3, 0.4) is 0 Å². The van der Waals surface area contributed by atoms with E-state index in [0.29, 0.717) is 39.5 Å². The number of aryl methyl sites for hydroxylation is 1. The number of hydrogen-bond acceptors (Lipinski definition) is 7. The molecule has 9 nitrogen and oxygen atoms in total. The lowest BCUT2D eigenvalue weighted by atomic mass is 10.0. The van der Waals surface area contributed by atoms with Crippen molar-refractivity contribution >= 4 is 28.4 Å². The summed E-state index contributed by atoms with van der Waals surface area (Å²) in [5.74, 6) is -0.255. The summed E-state index contributed by atoms with van der Waals surface area (Å²) >= 11 is 0. The Labute approximate surface area is 205 Å². The average Bonchev–Trinajstić information content (AvgIpc) is 3.35. The standard InChI is InChI=1S/C27H23N5O4/c1-15-9-20(16(2)31-22-6-4-3-5-19(22)27(34)35)26-21(10-15)23(33)11-24(36-26)17-12-30-32(14-17)18-7-8-25(28)29-13-18/h3-14,16,31H,1-2H3,(H2,28,29)(H,34,35). The quantitative estimate of drug-likeness (QED) is 0.315.